The third kappa shape index (κ3) is 2.68. The molecule has 0 aliphatic rings. The van der Waals surface area contributed by atoms with E-state index in [1.807, 2.05) is 0 Å². The van der Waals surface area contributed by atoms with Crippen molar-refractivity contribution in [2.45, 2.75) is 6.42 Å². The lowest BCUT2D eigenvalue weighted by Gasteiger charge is -2.02. The summed E-state index contributed by atoms with van der Waals surface area (Å²) in [4.78, 5) is 16.1. The number of ether oxygens (including phenoxy) is 1. The summed E-state index contributed by atoms with van der Waals surface area (Å²) in [5.74, 6) is -0.219. The molecule has 0 aliphatic heterocycles. The number of halogens is 1. The molecule has 2 aromatic heterocycles. The predicted molar refractivity (Wildman–Crippen MR) is 69.5 cm³/mol. The molecule has 2 aromatic rings. The van der Waals surface area contributed by atoms with E-state index in [1.54, 1.807) is 30.1 Å². The molecule has 0 saturated heterocycles. The van der Waals surface area contributed by atoms with Crippen LogP contribution in [0.25, 0.3) is 5.65 Å². The van der Waals surface area contributed by atoms with Gasteiger partial charge in [-0.05, 0) is 28.4 Å². The largest absolute Gasteiger partial charge is 0.385 e. The summed E-state index contributed by atoms with van der Waals surface area (Å²) in [7, 11) is 1.63. The Labute approximate surface area is 112 Å². The molecule has 0 bridgehead atoms. The molecular formula is C11H13BrN4O2. The first-order valence-electron chi connectivity index (χ1n) is 5.50. The Bertz CT molecular complexity index is 555. The van der Waals surface area contributed by atoms with Gasteiger partial charge in [-0.1, -0.05) is 0 Å². The molecule has 1 N–H and O–H groups in total. The highest BCUT2D eigenvalue weighted by Crippen LogP contribution is 2.20. The van der Waals surface area contributed by atoms with Crippen molar-refractivity contribution in [1.29, 1.82) is 0 Å². The third-order valence-corrected chi connectivity index (χ3v) is 3.10. The van der Waals surface area contributed by atoms with E-state index in [-0.39, 0.29) is 5.91 Å². The highest BCUT2D eigenvalue weighted by atomic mass is 79.9. The van der Waals surface area contributed by atoms with Gasteiger partial charge in [0.1, 0.15) is 0 Å². The van der Waals surface area contributed by atoms with Crippen LogP contribution in [0.3, 0.4) is 0 Å². The zero-order chi connectivity index (χ0) is 13.0. The van der Waals surface area contributed by atoms with Crippen LogP contribution in [0.2, 0.25) is 0 Å². The molecule has 0 aromatic carbocycles. The fraction of sp³-hybridized carbons (Fsp3) is 0.364. The fourth-order valence-electron chi connectivity index (χ4n) is 1.51. The number of amides is 1. The summed E-state index contributed by atoms with van der Waals surface area (Å²) in [5.41, 5.74) is 0.964. The summed E-state index contributed by atoms with van der Waals surface area (Å²) in [6.45, 7) is 1.18. The van der Waals surface area contributed by atoms with Crippen molar-refractivity contribution < 1.29 is 9.53 Å². The molecular weight excluding hydrogens is 300 g/mol. The molecule has 96 valence electrons. The Hall–Kier alpha value is -1.47. The maximum absolute atomic E-state index is 11.9. The van der Waals surface area contributed by atoms with E-state index in [0.29, 0.717) is 29.0 Å². The van der Waals surface area contributed by atoms with Gasteiger partial charge in [-0.25, -0.2) is 9.50 Å². The van der Waals surface area contributed by atoms with Crippen LogP contribution in [-0.4, -0.2) is 40.8 Å². The van der Waals surface area contributed by atoms with E-state index in [1.165, 1.54) is 0 Å². The van der Waals surface area contributed by atoms with Gasteiger partial charge in [-0.3, -0.25) is 4.79 Å². The predicted octanol–water partition coefficient (Wildman–Crippen LogP) is 1.26. The van der Waals surface area contributed by atoms with Crippen LogP contribution >= 0.6 is 15.9 Å². The van der Waals surface area contributed by atoms with Crippen molar-refractivity contribution in [3.05, 3.63) is 28.6 Å². The molecule has 0 saturated carbocycles. The maximum Gasteiger partial charge on any atom is 0.273 e. The summed E-state index contributed by atoms with van der Waals surface area (Å²) in [6.07, 6.45) is 4.17. The average Bonchev–Trinajstić information content (AvgIpc) is 2.73. The second-order valence-electron chi connectivity index (χ2n) is 3.65. The summed E-state index contributed by atoms with van der Waals surface area (Å²) < 4.78 is 7.08. The highest BCUT2D eigenvalue weighted by Gasteiger charge is 2.17. The van der Waals surface area contributed by atoms with Gasteiger partial charge < -0.3 is 10.1 Å². The van der Waals surface area contributed by atoms with E-state index in [0.717, 1.165) is 6.42 Å². The number of methoxy groups -OCH3 is 1. The second kappa shape index (κ2) is 5.92. The normalized spacial score (nSPS) is 10.8. The molecule has 0 spiro atoms. The molecule has 0 fully saturated rings. The van der Waals surface area contributed by atoms with E-state index >= 15 is 0 Å². The molecule has 18 heavy (non-hydrogen) atoms. The van der Waals surface area contributed by atoms with Gasteiger partial charge in [0, 0.05) is 32.7 Å². The lowest BCUT2D eigenvalue weighted by atomic mass is 10.3. The van der Waals surface area contributed by atoms with Crippen LogP contribution in [0.1, 0.15) is 16.9 Å². The summed E-state index contributed by atoms with van der Waals surface area (Å²) in [6, 6.07) is 1.76. The van der Waals surface area contributed by atoms with Crippen molar-refractivity contribution in [3.63, 3.8) is 0 Å². The number of fused-ring (bicyclic) bond motifs is 1. The van der Waals surface area contributed by atoms with Crippen LogP contribution in [0, 0.1) is 0 Å². The van der Waals surface area contributed by atoms with Gasteiger partial charge in [0.25, 0.3) is 5.91 Å². The minimum Gasteiger partial charge on any atom is -0.385 e. The zero-order valence-electron chi connectivity index (χ0n) is 9.89. The number of aromatic nitrogens is 3. The SMILES string of the molecule is COCCCNC(=O)c1nn2cccnc2c1Br. The molecule has 0 aliphatic carbocycles. The Morgan fingerprint density at radius 3 is 3.17 bits per heavy atom. The molecule has 1 amide bonds. The third-order valence-electron chi connectivity index (χ3n) is 2.36. The van der Waals surface area contributed by atoms with Crippen molar-refractivity contribution in [2.24, 2.45) is 0 Å². The van der Waals surface area contributed by atoms with Crippen molar-refractivity contribution in [2.75, 3.05) is 20.3 Å². The standard InChI is InChI=1S/C11H13BrN4O2/c1-18-7-3-5-14-11(17)9-8(12)10-13-4-2-6-16(10)15-9/h2,4,6H,3,5,7H2,1H3,(H,14,17). The minimum atomic E-state index is -0.219. The Balaban J connectivity index is 2.10. The smallest absolute Gasteiger partial charge is 0.273 e. The zero-order valence-corrected chi connectivity index (χ0v) is 11.5. The highest BCUT2D eigenvalue weighted by molar-refractivity contribution is 9.10. The van der Waals surface area contributed by atoms with Gasteiger partial charge in [-0.15, -0.1) is 0 Å². The van der Waals surface area contributed by atoms with E-state index < -0.39 is 0 Å². The van der Waals surface area contributed by atoms with Crippen molar-refractivity contribution in [1.82, 2.24) is 19.9 Å². The number of rotatable bonds is 5. The molecule has 6 nitrogen and oxygen atoms in total. The van der Waals surface area contributed by atoms with Crippen LogP contribution in [0.4, 0.5) is 0 Å². The number of hydrogen-bond donors (Lipinski definition) is 1. The average molecular weight is 313 g/mol. The Kier molecular flexibility index (Phi) is 4.27. The monoisotopic (exact) mass is 312 g/mol. The first-order chi connectivity index (χ1) is 8.74. The number of carbonyl (C=O) groups is 1. The molecule has 0 atom stereocenters. The fourth-order valence-corrected chi connectivity index (χ4v) is 2.05. The molecule has 0 radical (unpaired) electrons. The van der Waals surface area contributed by atoms with Crippen LogP contribution < -0.4 is 5.32 Å². The van der Waals surface area contributed by atoms with Crippen molar-refractivity contribution >= 4 is 27.5 Å². The lowest BCUT2D eigenvalue weighted by Crippen LogP contribution is -2.25. The minimum absolute atomic E-state index is 0.219. The number of nitrogens with zero attached hydrogens (tertiary/aromatic N) is 3. The molecule has 7 heteroatoms. The maximum atomic E-state index is 11.9. The second-order valence-corrected chi connectivity index (χ2v) is 4.45. The topological polar surface area (TPSA) is 68.5 Å². The van der Waals surface area contributed by atoms with Crippen LogP contribution in [0.15, 0.2) is 22.9 Å². The van der Waals surface area contributed by atoms with Gasteiger partial charge in [0.15, 0.2) is 11.3 Å². The molecule has 0 unspecified atom stereocenters. The number of hydrogen-bond acceptors (Lipinski definition) is 4. The van der Waals surface area contributed by atoms with Gasteiger partial charge in [0.2, 0.25) is 0 Å². The summed E-state index contributed by atoms with van der Waals surface area (Å²) in [5, 5.41) is 6.96. The van der Waals surface area contributed by atoms with E-state index in [4.69, 9.17) is 4.74 Å². The van der Waals surface area contributed by atoms with Gasteiger partial charge in [0.05, 0.1) is 4.47 Å². The van der Waals surface area contributed by atoms with Gasteiger partial charge >= 0.3 is 0 Å². The number of carbonyl (C=O) groups excluding carboxylic acids is 1. The lowest BCUT2D eigenvalue weighted by molar-refractivity contribution is 0.0942. The Morgan fingerprint density at radius 1 is 1.61 bits per heavy atom. The van der Waals surface area contributed by atoms with Crippen LogP contribution in [0.5, 0.6) is 0 Å². The molecule has 2 heterocycles. The first-order valence-corrected chi connectivity index (χ1v) is 6.29. The van der Waals surface area contributed by atoms with Gasteiger partial charge in [-0.2, -0.15) is 5.10 Å². The quantitative estimate of drug-likeness (QED) is 0.844. The van der Waals surface area contributed by atoms with E-state index in [9.17, 15) is 4.79 Å². The Morgan fingerprint density at radius 2 is 2.44 bits per heavy atom. The summed E-state index contributed by atoms with van der Waals surface area (Å²) >= 11 is 3.34. The molecule has 2 rings (SSSR count). The first kappa shape index (κ1) is 13.0. The number of nitrogens with one attached hydrogen (secondary N) is 1. The van der Waals surface area contributed by atoms with Crippen molar-refractivity contribution in [3.8, 4) is 0 Å². The van der Waals surface area contributed by atoms with E-state index in [2.05, 4.69) is 31.3 Å². The van der Waals surface area contributed by atoms with Crippen LogP contribution in [-0.2, 0) is 4.74 Å².